The molecule has 2 atom stereocenters. The number of aromatic nitrogens is 1. The van der Waals surface area contributed by atoms with Gasteiger partial charge in [-0.3, -0.25) is 4.79 Å². The third-order valence-corrected chi connectivity index (χ3v) is 4.71. The Kier molecular flexibility index (Phi) is 3.58. The van der Waals surface area contributed by atoms with Gasteiger partial charge < -0.3 is 14.7 Å². The van der Waals surface area contributed by atoms with E-state index >= 15 is 0 Å². The summed E-state index contributed by atoms with van der Waals surface area (Å²) in [6, 6.07) is 7.81. The van der Waals surface area contributed by atoms with E-state index in [2.05, 4.69) is 9.88 Å². The Bertz CT molecular complexity index is 595. The van der Waals surface area contributed by atoms with Crippen molar-refractivity contribution in [3.63, 3.8) is 0 Å². The number of nitrogens with zero attached hydrogens (tertiary/aromatic N) is 2. The molecule has 2 aromatic rings. The zero-order chi connectivity index (χ0) is 14.1. The molecule has 106 valence electrons. The third-order valence-electron chi connectivity index (χ3n) is 3.64. The highest BCUT2D eigenvalue weighted by atomic mass is 32.1. The van der Waals surface area contributed by atoms with Crippen LogP contribution in [0.4, 0.5) is 5.13 Å². The first-order valence-corrected chi connectivity index (χ1v) is 7.45. The van der Waals surface area contributed by atoms with E-state index in [4.69, 9.17) is 4.74 Å². The van der Waals surface area contributed by atoms with E-state index in [1.54, 1.807) is 11.3 Å². The zero-order valence-corrected chi connectivity index (χ0v) is 12.0. The van der Waals surface area contributed by atoms with Crippen LogP contribution in [0.5, 0.6) is 0 Å². The lowest BCUT2D eigenvalue weighted by Crippen LogP contribution is -2.43. The van der Waals surface area contributed by atoms with E-state index in [9.17, 15) is 9.90 Å². The van der Waals surface area contributed by atoms with Gasteiger partial charge in [-0.15, -0.1) is 0 Å². The van der Waals surface area contributed by atoms with Gasteiger partial charge >= 0.3 is 5.97 Å². The van der Waals surface area contributed by atoms with Crippen LogP contribution in [0.2, 0.25) is 0 Å². The van der Waals surface area contributed by atoms with Gasteiger partial charge in [-0.25, -0.2) is 4.98 Å². The molecule has 0 aliphatic carbocycles. The first kappa shape index (κ1) is 13.3. The van der Waals surface area contributed by atoms with E-state index in [1.807, 2.05) is 31.2 Å². The fourth-order valence-electron chi connectivity index (χ4n) is 2.58. The van der Waals surface area contributed by atoms with E-state index in [1.165, 1.54) is 0 Å². The maximum Gasteiger partial charge on any atom is 0.311 e. The topological polar surface area (TPSA) is 62.7 Å². The lowest BCUT2D eigenvalue weighted by Gasteiger charge is -2.28. The van der Waals surface area contributed by atoms with Gasteiger partial charge in [-0.2, -0.15) is 0 Å². The molecule has 1 saturated heterocycles. The average molecular weight is 292 g/mol. The zero-order valence-electron chi connectivity index (χ0n) is 11.2. The Hall–Kier alpha value is -1.66. The summed E-state index contributed by atoms with van der Waals surface area (Å²) in [6.07, 6.45) is 0. The van der Waals surface area contributed by atoms with Crippen molar-refractivity contribution in [2.24, 2.45) is 5.92 Å². The van der Waals surface area contributed by atoms with Crippen LogP contribution >= 0.6 is 11.3 Å². The normalized spacial score (nSPS) is 22.2. The molecule has 0 saturated carbocycles. The standard InChI is InChI=1S/C14H16N2O3S/c1-2-16(11-8-19-7-9(11)13(17)18)14-15-10-5-3-4-6-12(10)20-14/h3-6,9,11H,2,7-8H2,1H3,(H,17,18). The minimum absolute atomic E-state index is 0.141. The number of benzene rings is 1. The number of fused-ring (bicyclic) bond motifs is 1. The smallest absolute Gasteiger partial charge is 0.311 e. The molecule has 3 rings (SSSR count). The van der Waals surface area contributed by atoms with Crippen molar-refractivity contribution >= 4 is 32.7 Å². The average Bonchev–Trinajstić information content (AvgIpc) is 3.05. The first-order chi connectivity index (χ1) is 9.70. The Labute approximate surface area is 120 Å². The number of rotatable bonds is 4. The molecule has 5 nitrogen and oxygen atoms in total. The van der Waals surface area contributed by atoms with E-state index in [0.29, 0.717) is 6.61 Å². The molecule has 0 spiro atoms. The highest BCUT2D eigenvalue weighted by molar-refractivity contribution is 7.22. The molecule has 1 aromatic heterocycles. The largest absolute Gasteiger partial charge is 0.481 e. The minimum atomic E-state index is -0.799. The summed E-state index contributed by atoms with van der Waals surface area (Å²) in [4.78, 5) is 18.0. The van der Waals surface area contributed by atoms with Crippen molar-refractivity contribution in [2.75, 3.05) is 24.7 Å². The molecular formula is C14H16N2O3S. The number of anilines is 1. The van der Waals surface area contributed by atoms with Crippen LogP contribution in [0.1, 0.15) is 6.92 Å². The fraction of sp³-hybridized carbons (Fsp3) is 0.429. The summed E-state index contributed by atoms with van der Waals surface area (Å²) in [6.45, 7) is 3.46. The lowest BCUT2D eigenvalue weighted by atomic mass is 10.0. The number of likely N-dealkylation sites (N-methyl/N-ethyl adjacent to an activating group) is 1. The van der Waals surface area contributed by atoms with E-state index in [0.717, 1.165) is 21.9 Å². The van der Waals surface area contributed by atoms with Gasteiger partial charge in [0.1, 0.15) is 5.92 Å². The number of ether oxygens (including phenoxy) is 1. The van der Waals surface area contributed by atoms with Crippen LogP contribution in [-0.2, 0) is 9.53 Å². The first-order valence-electron chi connectivity index (χ1n) is 6.63. The van der Waals surface area contributed by atoms with Crippen molar-refractivity contribution in [1.29, 1.82) is 0 Å². The van der Waals surface area contributed by atoms with Gasteiger partial charge in [-0.05, 0) is 19.1 Å². The third kappa shape index (κ3) is 2.25. The van der Waals surface area contributed by atoms with Crippen LogP contribution in [-0.4, -0.2) is 41.9 Å². The van der Waals surface area contributed by atoms with Crippen LogP contribution in [0.15, 0.2) is 24.3 Å². The predicted octanol–water partition coefficient (Wildman–Crippen LogP) is 2.22. The highest BCUT2D eigenvalue weighted by Gasteiger charge is 2.38. The summed E-state index contributed by atoms with van der Waals surface area (Å²) >= 11 is 1.60. The predicted molar refractivity (Wildman–Crippen MR) is 78.4 cm³/mol. The van der Waals surface area contributed by atoms with Crippen molar-refractivity contribution in [3.8, 4) is 0 Å². The molecular weight excluding hydrogens is 276 g/mol. The molecule has 1 N–H and O–H groups in total. The Morgan fingerprint density at radius 2 is 2.30 bits per heavy atom. The molecule has 2 heterocycles. The monoisotopic (exact) mass is 292 g/mol. The molecule has 2 unspecified atom stereocenters. The van der Waals surface area contributed by atoms with E-state index in [-0.39, 0.29) is 12.6 Å². The summed E-state index contributed by atoms with van der Waals surface area (Å²) in [7, 11) is 0. The van der Waals surface area contributed by atoms with Gasteiger partial charge in [0, 0.05) is 6.54 Å². The second-order valence-corrected chi connectivity index (χ2v) is 5.81. The number of thiazole rings is 1. The van der Waals surface area contributed by atoms with Crippen molar-refractivity contribution < 1.29 is 14.6 Å². The number of aliphatic carboxylic acids is 1. The summed E-state index contributed by atoms with van der Waals surface area (Å²) in [5.41, 5.74) is 0.955. The number of carboxylic acid groups (broad SMARTS) is 1. The van der Waals surface area contributed by atoms with Gasteiger partial charge in [0.2, 0.25) is 0 Å². The number of carboxylic acids is 1. The Morgan fingerprint density at radius 1 is 1.50 bits per heavy atom. The molecule has 6 heteroatoms. The summed E-state index contributed by atoms with van der Waals surface area (Å²) in [5, 5.41) is 10.2. The Morgan fingerprint density at radius 3 is 3.00 bits per heavy atom. The molecule has 1 aliphatic rings. The summed E-state index contributed by atoms with van der Waals surface area (Å²) in [5.74, 6) is -1.28. The van der Waals surface area contributed by atoms with Crippen molar-refractivity contribution in [3.05, 3.63) is 24.3 Å². The van der Waals surface area contributed by atoms with E-state index < -0.39 is 11.9 Å². The lowest BCUT2D eigenvalue weighted by molar-refractivity contribution is -0.141. The molecule has 1 aromatic carbocycles. The van der Waals surface area contributed by atoms with Gasteiger partial charge in [0.05, 0.1) is 29.5 Å². The van der Waals surface area contributed by atoms with Gasteiger partial charge in [-0.1, -0.05) is 23.5 Å². The highest BCUT2D eigenvalue weighted by Crippen LogP contribution is 2.32. The molecule has 1 aliphatic heterocycles. The van der Waals surface area contributed by atoms with Gasteiger partial charge in [0.15, 0.2) is 5.13 Å². The number of para-hydroxylation sites is 1. The van der Waals surface area contributed by atoms with Crippen molar-refractivity contribution in [2.45, 2.75) is 13.0 Å². The fourth-order valence-corrected chi connectivity index (χ4v) is 3.67. The summed E-state index contributed by atoms with van der Waals surface area (Å²) < 4.78 is 6.48. The van der Waals surface area contributed by atoms with Crippen molar-refractivity contribution in [1.82, 2.24) is 4.98 Å². The van der Waals surface area contributed by atoms with Crippen LogP contribution in [0.25, 0.3) is 10.2 Å². The maximum absolute atomic E-state index is 11.3. The maximum atomic E-state index is 11.3. The number of hydrogen-bond donors (Lipinski definition) is 1. The molecule has 0 radical (unpaired) electrons. The number of hydrogen-bond acceptors (Lipinski definition) is 5. The van der Waals surface area contributed by atoms with Crippen LogP contribution in [0, 0.1) is 5.92 Å². The number of carbonyl (C=O) groups is 1. The molecule has 20 heavy (non-hydrogen) atoms. The van der Waals surface area contributed by atoms with Gasteiger partial charge in [0.25, 0.3) is 0 Å². The van der Waals surface area contributed by atoms with Crippen LogP contribution in [0.3, 0.4) is 0 Å². The van der Waals surface area contributed by atoms with Crippen LogP contribution < -0.4 is 4.90 Å². The minimum Gasteiger partial charge on any atom is -0.481 e. The quantitative estimate of drug-likeness (QED) is 0.936. The molecule has 0 bridgehead atoms. The Balaban J connectivity index is 1.94. The SMILES string of the molecule is CCN(c1nc2ccccc2s1)C1COCC1C(=O)O. The second kappa shape index (κ2) is 5.38. The molecule has 0 amide bonds. The second-order valence-electron chi connectivity index (χ2n) is 4.80. The molecule has 1 fully saturated rings.